The molecular weight excluding hydrogens is 336 g/mol. The summed E-state index contributed by atoms with van der Waals surface area (Å²) in [5, 5.41) is 13.5. The van der Waals surface area contributed by atoms with Crippen LogP contribution in [0.1, 0.15) is 13.0 Å². The van der Waals surface area contributed by atoms with E-state index in [9.17, 15) is 8.78 Å². The van der Waals surface area contributed by atoms with Gasteiger partial charge in [0.15, 0.2) is 17.3 Å². The molecule has 0 spiro atoms. The molecule has 0 aromatic carbocycles. The first-order valence-electron chi connectivity index (χ1n) is 7.65. The average molecular weight is 351 g/mol. The van der Waals surface area contributed by atoms with Gasteiger partial charge in [0, 0.05) is 12.0 Å². The van der Waals surface area contributed by atoms with E-state index in [1.54, 1.807) is 6.20 Å². The summed E-state index contributed by atoms with van der Waals surface area (Å²) in [6.07, 6.45) is 3.18. The number of rotatable bonds is 6. The van der Waals surface area contributed by atoms with E-state index in [1.807, 2.05) is 4.68 Å². The van der Waals surface area contributed by atoms with Crippen molar-refractivity contribution in [2.75, 3.05) is 18.5 Å². The Morgan fingerprint density at radius 1 is 1.36 bits per heavy atom. The molecule has 2 N–H and O–H groups in total. The molecule has 132 valence electrons. The monoisotopic (exact) mass is 351 g/mol. The van der Waals surface area contributed by atoms with Crippen LogP contribution in [-0.4, -0.2) is 49.8 Å². The topological polar surface area (TPSA) is 103 Å². The zero-order valence-electron chi connectivity index (χ0n) is 13.2. The number of nitrogens with one attached hydrogen (secondary N) is 2. The number of H-pyrrole nitrogens is 1. The van der Waals surface area contributed by atoms with Crippen molar-refractivity contribution < 1.29 is 18.3 Å². The fraction of sp³-hybridized carbons (Fsp3) is 0.429. The van der Waals surface area contributed by atoms with Gasteiger partial charge in [0.05, 0.1) is 31.6 Å². The highest BCUT2D eigenvalue weighted by Gasteiger charge is 2.28. The Hall–Kier alpha value is -2.82. The molecule has 0 aliphatic carbocycles. The number of hydrogen-bond donors (Lipinski definition) is 2. The molecule has 25 heavy (non-hydrogen) atoms. The fourth-order valence-corrected chi connectivity index (χ4v) is 2.57. The van der Waals surface area contributed by atoms with Crippen LogP contribution < -0.4 is 10.1 Å². The van der Waals surface area contributed by atoms with Crippen LogP contribution in [-0.2, 0) is 4.74 Å². The number of hydrogen-bond acceptors (Lipinski definition) is 7. The van der Waals surface area contributed by atoms with Gasteiger partial charge in [-0.25, -0.2) is 19.7 Å². The Kier molecular flexibility index (Phi) is 3.92. The van der Waals surface area contributed by atoms with E-state index < -0.39 is 6.61 Å². The molecular formula is C14H15F2N7O2. The molecule has 1 aliphatic rings. The smallest absolute Gasteiger partial charge is 0.388 e. The third-order valence-corrected chi connectivity index (χ3v) is 4.06. The lowest BCUT2D eigenvalue weighted by Gasteiger charge is -2.31. The summed E-state index contributed by atoms with van der Waals surface area (Å²) >= 11 is 0. The molecule has 0 bridgehead atoms. The minimum absolute atomic E-state index is 0.132. The molecule has 1 atom stereocenters. The molecule has 3 aromatic rings. The van der Waals surface area contributed by atoms with Crippen LogP contribution in [0.2, 0.25) is 0 Å². The van der Waals surface area contributed by atoms with E-state index in [-0.39, 0.29) is 17.7 Å². The second kappa shape index (κ2) is 6.24. The Labute approximate surface area is 140 Å². The van der Waals surface area contributed by atoms with Crippen molar-refractivity contribution in [3.05, 3.63) is 18.5 Å². The van der Waals surface area contributed by atoms with Crippen molar-refractivity contribution in [1.29, 1.82) is 0 Å². The molecule has 0 unspecified atom stereocenters. The van der Waals surface area contributed by atoms with E-state index in [4.69, 9.17) is 4.74 Å². The number of ether oxygens (including phenoxy) is 2. The van der Waals surface area contributed by atoms with Crippen LogP contribution in [0.3, 0.4) is 0 Å². The van der Waals surface area contributed by atoms with E-state index in [1.165, 1.54) is 12.3 Å². The van der Waals surface area contributed by atoms with Gasteiger partial charge in [-0.15, -0.1) is 0 Å². The number of halogens is 2. The van der Waals surface area contributed by atoms with E-state index in [0.717, 1.165) is 0 Å². The molecule has 11 heteroatoms. The Morgan fingerprint density at radius 3 is 2.92 bits per heavy atom. The molecule has 9 nitrogen and oxygen atoms in total. The SMILES string of the molecule is C[C@@H](C1COC1)n1ncc2ncc(Nc3cc(OC(F)F)[nH]n3)nc21. The second-order valence-corrected chi connectivity index (χ2v) is 5.71. The molecule has 1 fully saturated rings. The van der Waals surface area contributed by atoms with Crippen molar-refractivity contribution in [3.8, 4) is 5.88 Å². The van der Waals surface area contributed by atoms with Crippen LogP contribution in [0.5, 0.6) is 5.88 Å². The molecule has 4 heterocycles. The van der Waals surface area contributed by atoms with Crippen LogP contribution >= 0.6 is 0 Å². The van der Waals surface area contributed by atoms with Crippen LogP contribution in [0.15, 0.2) is 18.5 Å². The van der Waals surface area contributed by atoms with Crippen LogP contribution in [0.4, 0.5) is 20.4 Å². The minimum Gasteiger partial charge on any atom is -0.417 e. The van der Waals surface area contributed by atoms with Gasteiger partial charge in [-0.05, 0) is 6.92 Å². The van der Waals surface area contributed by atoms with Crippen LogP contribution in [0, 0.1) is 5.92 Å². The molecule has 1 aliphatic heterocycles. The maximum atomic E-state index is 12.2. The standard InChI is InChI=1S/C14H15F2N7O2/c1-7(8-5-24-6-8)23-13-9(3-18-23)17-4-11(20-13)19-10-2-12(22-21-10)25-14(15)16/h2-4,7-8,14H,5-6H2,1H3,(H2,19,20,21,22)/t7-/m0/s1. The number of aromatic nitrogens is 6. The quantitative estimate of drug-likeness (QED) is 0.701. The van der Waals surface area contributed by atoms with Crippen molar-refractivity contribution in [2.45, 2.75) is 19.6 Å². The minimum atomic E-state index is -2.92. The highest BCUT2D eigenvalue weighted by molar-refractivity contribution is 5.72. The highest BCUT2D eigenvalue weighted by Crippen LogP contribution is 2.27. The summed E-state index contributed by atoms with van der Waals surface area (Å²) in [7, 11) is 0. The number of fused-ring (bicyclic) bond motifs is 1. The van der Waals surface area contributed by atoms with E-state index in [2.05, 4.69) is 42.2 Å². The predicted octanol–water partition coefficient (Wildman–Crippen LogP) is 2.10. The highest BCUT2D eigenvalue weighted by atomic mass is 19.3. The van der Waals surface area contributed by atoms with Gasteiger partial charge in [-0.3, -0.25) is 0 Å². The zero-order chi connectivity index (χ0) is 17.4. The summed E-state index contributed by atoms with van der Waals surface area (Å²) in [5.74, 6) is 0.953. The summed E-state index contributed by atoms with van der Waals surface area (Å²) in [4.78, 5) is 8.82. The molecule has 3 aromatic heterocycles. The zero-order valence-corrected chi connectivity index (χ0v) is 13.2. The Morgan fingerprint density at radius 2 is 2.20 bits per heavy atom. The summed E-state index contributed by atoms with van der Waals surface area (Å²) in [6.45, 7) is 0.543. The van der Waals surface area contributed by atoms with Crippen molar-refractivity contribution in [1.82, 2.24) is 29.9 Å². The molecule has 1 saturated heterocycles. The number of anilines is 2. The van der Waals surface area contributed by atoms with Gasteiger partial charge >= 0.3 is 6.61 Å². The molecule has 0 saturated carbocycles. The van der Waals surface area contributed by atoms with Crippen molar-refractivity contribution in [3.63, 3.8) is 0 Å². The van der Waals surface area contributed by atoms with Crippen molar-refractivity contribution >= 4 is 22.8 Å². The van der Waals surface area contributed by atoms with Gasteiger partial charge in [0.25, 0.3) is 0 Å². The number of aromatic amines is 1. The van der Waals surface area contributed by atoms with Gasteiger partial charge in [-0.2, -0.15) is 19.0 Å². The lowest BCUT2D eigenvalue weighted by atomic mass is 10.0. The number of nitrogens with zero attached hydrogens (tertiary/aromatic N) is 5. The van der Waals surface area contributed by atoms with Crippen molar-refractivity contribution in [2.24, 2.45) is 5.92 Å². The van der Waals surface area contributed by atoms with E-state index in [0.29, 0.717) is 36.1 Å². The largest absolute Gasteiger partial charge is 0.417 e. The first-order chi connectivity index (χ1) is 12.1. The second-order valence-electron chi connectivity index (χ2n) is 5.71. The maximum Gasteiger partial charge on any atom is 0.388 e. The Balaban J connectivity index is 1.56. The number of alkyl halides is 2. The lowest BCUT2D eigenvalue weighted by molar-refractivity contribution is -0.0548. The summed E-state index contributed by atoms with van der Waals surface area (Å²) in [6, 6.07) is 1.44. The predicted molar refractivity (Wildman–Crippen MR) is 82.8 cm³/mol. The average Bonchev–Trinajstić information content (AvgIpc) is 3.11. The maximum absolute atomic E-state index is 12.2. The molecule has 0 radical (unpaired) electrons. The van der Waals surface area contributed by atoms with Crippen LogP contribution in [0.25, 0.3) is 11.2 Å². The van der Waals surface area contributed by atoms with Gasteiger partial charge < -0.3 is 14.8 Å². The van der Waals surface area contributed by atoms with Gasteiger partial charge in [-0.1, -0.05) is 0 Å². The molecule has 4 rings (SSSR count). The third kappa shape index (κ3) is 3.09. The Bertz CT molecular complexity index is 877. The van der Waals surface area contributed by atoms with Gasteiger partial charge in [0.2, 0.25) is 5.88 Å². The normalized spacial score (nSPS) is 16.2. The first-order valence-corrected chi connectivity index (χ1v) is 7.65. The summed E-state index contributed by atoms with van der Waals surface area (Å²) in [5.41, 5.74) is 1.30. The lowest BCUT2D eigenvalue weighted by Crippen LogP contribution is -2.34. The van der Waals surface area contributed by atoms with E-state index >= 15 is 0 Å². The fourth-order valence-electron chi connectivity index (χ4n) is 2.57. The molecule has 0 amide bonds. The van der Waals surface area contributed by atoms with Gasteiger partial charge in [0.1, 0.15) is 5.52 Å². The third-order valence-electron chi connectivity index (χ3n) is 4.06. The first kappa shape index (κ1) is 15.7. The summed E-state index contributed by atoms with van der Waals surface area (Å²) < 4.78 is 35.6.